The maximum absolute atomic E-state index is 13.2. The number of allylic oxidation sites excluding steroid dienone is 1. The Morgan fingerprint density at radius 2 is 1.85 bits per heavy atom. The van der Waals surface area contributed by atoms with Crippen LogP contribution in [0.3, 0.4) is 0 Å². The van der Waals surface area contributed by atoms with Crippen LogP contribution in [0, 0.1) is 11.8 Å². The number of aliphatic hydroxyl groups is 1. The molecule has 1 aliphatic carbocycles. The summed E-state index contributed by atoms with van der Waals surface area (Å²) in [7, 11) is 2.21. The highest BCUT2D eigenvalue weighted by molar-refractivity contribution is 5.77. The smallest absolute Gasteiger partial charge is 0.278 e. The zero-order valence-electron chi connectivity index (χ0n) is 22.0. The van der Waals surface area contributed by atoms with Crippen molar-refractivity contribution in [2.75, 3.05) is 43.4 Å². The highest BCUT2D eigenvalue weighted by atomic mass is 16.3. The maximum atomic E-state index is 13.2. The summed E-state index contributed by atoms with van der Waals surface area (Å²) in [6.45, 7) is 8.68. The van der Waals surface area contributed by atoms with E-state index in [1.54, 1.807) is 21.6 Å². The molecule has 200 valence electrons. The zero-order chi connectivity index (χ0) is 26.7. The minimum absolute atomic E-state index is 0.217. The van der Waals surface area contributed by atoms with E-state index in [1.807, 2.05) is 24.3 Å². The van der Waals surface area contributed by atoms with E-state index in [0.29, 0.717) is 34.9 Å². The molecule has 2 aliphatic heterocycles. The molecule has 0 amide bonds. The van der Waals surface area contributed by atoms with Crippen molar-refractivity contribution in [3.63, 3.8) is 0 Å². The number of nitrogens with one attached hydrogen (secondary N) is 1. The number of aryl methyl sites for hydroxylation is 1. The molecule has 3 aliphatic rings. The van der Waals surface area contributed by atoms with Crippen LogP contribution in [0.25, 0.3) is 16.9 Å². The van der Waals surface area contributed by atoms with Crippen molar-refractivity contribution in [3.8, 4) is 5.82 Å². The fourth-order valence-electron chi connectivity index (χ4n) is 6.47. The Bertz CT molecular complexity index is 1610. The minimum atomic E-state index is -0.599. The highest BCUT2D eigenvalue weighted by Crippen LogP contribution is 2.34. The van der Waals surface area contributed by atoms with Crippen LogP contribution >= 0.6 is 0 Å². The number of likely N-dealkylation sites (tertiary alicyclic amines) is 1. The molecule has 3 atom stereocenters. The van der Waals surface area contributed by atoms with Gasteiger partial charge in [-0.2, -0.15) is 4.98 Å². The lowest BCUT2D eigenvalue weighted by Crippen LogP contribution is -2.26. The molecule has 2 saturated heterocycles. The largest absolute Gasteiger partial charge is 0.387 e. The van der Waals surface area contributed by atoms with Crippen molar-refractivity contribution in [3.05, 3.63) is 76.9 Å². The van der Waals surface area contributed by atoms with Gasteiger partial charge in [-0.25, -0.2) is 19.3 Å². The molecule has 39 heavy (non-hydrogen) atoms. The van der Waals surface area contributed by atoms with Crippen molar-refractivity contribution in [2.45, 2.75) is 25.5 Å². The van der Waals surface area contributed by atoms with Crippen LogP contribution in [0.4, 0.5) is 17.3 Å². The fourth-order valence-corrected chi connectivity index (χ4v) is 6.47. The molecule has 1 aromatic carbocycles. The van der Waals surface area contributed by atoms with Gasteiger partial charge in [0.05, 0.1) is 18.3 Å². The molecular formula is C29H32N8O2. The van der Waals surface area contributed by atoms with E-state index in [1.165, 1.54) is 18.8 Å². The normalized spacial score (nSPS) is 22.4. The molecular weight excluding hydrogens is 492 g/mol. The lowest BCUT2D eigenvalue weighted by molar-refractivity contribution is 0.175. The second kappa shape index (κ2) is 9.32. The molecule has 10 nitrogen and oxygen atoms in total. The van der Waals surface area contributed by atoms with E-state index >= 15 is 0 Å². The summed E-state index contributed by atoms with van der Waals surface area (Å²) in [6, 6.07) is 12.2. The first kappa shape index (κ1) is 24.1. The number of rotatable bonds is 6. The van der Waals surface area contributed by atoms with E-state index in [-0.39, 0.29) is 12.1 Å². The number of hydrogen-bond acceptors (Lipinski definition) is 8. The number of anilines is 3. The Morgan fingerprint density at radius 1 is 1.08 bits per heavy atom. The molecule has 5 heterocycles. The van der Waals surface area contributed by atoms with E-state index < -0.39 is 6.10 Å². The van der Waals surface area contributed by atoms with E-state index in [2.05, 4.69) is 45.9 Å². The lowest BCUT2D eigenvalue weighted by Gasteiger charge is -2.21. The number of nitrogens with zero attached hydrogens (tertiary/aromatic N) is 7. The zero-order valence-corrected chi connectivity index (χ0v) is 22.0. The molecule has 2 fully saturated rings. The molecule has 0 spiro atoms. The van der Waals surface area contributed by atoms with Crippen LogP contribution in [0.2, 0.25) is 0 Å². The van der Waals surface area contributed by atoms with Crippen LogP contribution in [0.1, 0.15) is 23.8 Å². The Hall–Kier alpha value is -4.02. The van der Waals surface area contributed by atoms with Gasteiger partial charge < -0.3 is 20.2 Å². The van der Waals surface area contributed by atoms with E-state index in [9.17, 15) is 9.90 Å². The van der Waals surface area contributed by atoms with E-state index in [0.717, 1.165) is 42.6 Å². The van der Waals surface area contributed by atoms with Crippen LogP contribution in [-0.2, 0) is 13.0 Å². The van der Waals surface area contributed by atoms with Crippen molar-refractivity contribution in [1.29, 1.82) is 0 Å². The van der Waals surface area contributed by atoms with Gasteiger partial charge >= 0.3 is 0 Å². The van der Waals surface area contributed by atoms with Gasteiger partial charge in [0, 0.05) is 43.8 Å². The summed E-state index contributed by atoms with van der Waals surface area (Å²) in [6.07, 6.45) is 4.07. The molecule has 7 rings (SSSR count). The average Bonchev–Trinajstić information content (AvgIpc) is 3.66. The van der Waals surface area contributed by atoms with Crippen LogP contribution in [0.5, 0.6) is 0 Å². The Labute approximate surface area is 226 Å². The molecule has 4 aromatic rings. The minimum Gasteiger partial charge on any atom is -0.387 e. The van der Waals surface area contributed by atoms with Crippen molar-refractivity contribution < 1.29 is 5.11 Å². The number of pyridine rings is 1. The molecule has 1 unspecified atom stereocenters. The third kappa shape index (κ3) is 4.11. The third-order valence-electron chi connectivity index (χ3n) is 8.35. The lowest BCUT2D eigenvalue weighted by atomic mass is 10.0. The van der Waals surface area contributed by atoms with Gasteiger partial charge in [-0.3, -0.25) is 4.79 Å². The quantitative estimate of drug-likeness (QED) is 0.371. The van der Waals surface area contributed by atoms with Gasteiger partial charge in [0.1, 0.15) is 5.39 Å². The summed E-state index contributed by atoms with van der Waals surface area (Å²) in [5.41, 5.74) is 4.03. The fraction of sp³-hybridized carbons (Fsp3) is 0.379. The SMILES string of the molecule is C=CCn1c(=O)c2cnc(Nc3ccc(N4C[C@H]5CN(C)C[C@H]5C4)cc3)nc2n1-c1ccc2c(n1)C(O)CC2. The van der Waals surface area contributed by atoms with Gasteiger partial charge in [-0.15, -0.1) is 6.58 Å². The van der Waals surface area contributed by atoms with Gasteiger partial charge in [0.25, 0.3) is 5.56 Å². The molecule has 2 N–H and O–H groups in total. The van der Waals surface area contributed by atoms with Crippen LogP contribution < -0.4 is 15.8 Å². The summed E-state index contributed by atoms with van der Waals surface area (Å²) in [4.78, 5) is 32.1. The molecule has 10 heteroatoms. The average molecular weight is 525 g/mol. The molecule has 3 aromatic heterocycles. The second-order valence-corrected chi connectivity index (χ2v) is 11.0. The Kier molecular flexibility index (Phi) is 5.75. The van der Waals surface area contributed by atoms with Crippen molar-refractivity contribution >= 4 is 28.4 Å². The number of hydrogen-bond donors (Lipinski definition) is 2. The summed E-state index contributed by atoms with van der Waals surface area (Å²) < 4.78 is 3.24. The monoisotopic (exact) mass is 524 g/mol. The first-order valence-electron chi connectivity index (χ1n) is 13.6. The number of benzene rings is 1. The van der Waals surface area contributed by atoms with E-state index in [4.69, 9.17) is 9.97 Å². The van der Waals surface area contributed by atoms with Crippen molar-refractivity contribution in [1.82, 2.24) is 29.2 Å². The predicted octanol–water partition coefficient (Wildman–Crippen LogP) is 2.88. The summed E-state index contributed by atoms with van der Waals surface area (Å²) >= 11 is 0. The molecule has 0 saturated carbocycles. The Morgan fingerprint density at radius 3 is 2.59 bits per heavy atom. The Balaban J connectivity index is 1.19. The third-order valence-corrected chi connectivity index (χ3v) is 8.35. The van der Waals surface area contributed by atoms with Gasteiger partial charge in [-0.05, 0) is 67.6 Å². The van der Waals surface area contributed by atoms with Gasteiger partial charge in [0.2, 0.25) is 5.95 Å². The number of fused-ring (bicyclic) bond motifs is 3. The summed E-state index contributed by atoms with van der Waals surface area (Å²) in [5, 5.41) is 14.1. The molecule has 0 radical (unpaired) electrons. The standard InChI is InChI=1S/C29H32N8O2/c1-3-12-36-28(39)23-13-30-29(33-27(23)37(36)25-11-5-18-4-10-24(38)26(18)32-25)31-21-6-8-22(9-7-21)35-16-19-14-34(2)15-20(19)17-35/h3,5-9,11,13,19-20,24,38H,1,4,10,12,14-17H2,2H3,(H,30,31,33)/t19-,20+,24?. The van der Waals surface area contributed by atoms with Gasteiger partial charge in [0.15, 0.2) is 11.5 Å². The number of aliphatic hydroxyl groups excluding tert-OH is 1. The molecule has 0 bridgehead atoms. The second-order valence-electron chi connectivity index (χ2n) is 11.0. The number of aromatic nitrogens is 5. The topological polar surface area (TPSA) is 104 Å². The van der Waals surface area contributed by atoms with Crippen LogP contribution in [0.15, 0.2) is 60.0 Å². The van der Waals surface area contributed by atoms with Crippen molar-refractivity contribution in [2.24, 2.45) is 11.8 Å². The predicted molar refractivity (Wildman–Crippen MR) is 151 cm³/mol. The summed E-state index contributed by atoms with van der Waals surface area (Å²) in [5.74, 6) is 2.42. The first-order valence-corrected chi connectivity index (χ1v) is 13.6. The first-order chi connectivity index (χ1) is 19.0. The maximum Gasteiger partial charge on any atom is 0.278 e. The van der Waals surface area contributed by atoms with Gasteiger partial charge in [-0.1, -0.05) is 12.1 Å². The highest BCUT2D eigenvalue weighted by Gasteiger charge is 2.38. The van der Waals surface area contributed by atoms with Crippen LogP contribution in [-0.4, -0.2) is 67.5 Å².